The van der Waals surface area contributed by atoms with Crippen LogP contribution in [0, 0.1) is 18.3 Å². The first-order valence-corrected chi connectivity index (χ1v) is 8.62. The summed E-state index contributed by atoms with van der Waals surface area (Å²) in [4.78, 5) is 11.8. The van der Waals surface area contributed by atoms with Gasteiger partial charge in [-0.15, -0.1) is 0 Å². The number of nitriles is 1. The number of aryl methyl sites for hydroxylation is 1. The molecule has 26 heavy (non-hydrogen) atoms. The molecule has 3 rings (SSSR count). The van der Waals surface area contributed by atoms with Crippen LogP contribution in [0.2, 0.25) is 5.02 Å². The molecular formula is C21H18ClN3O. The summed E-state index contributed by atoms with van der Waals surface area (Å²) < 4.78 is 2.07. The summed E-state index contributed by atoms with van der Waals surface area (Å²) in [6.07, 6.45) is 0.788. The van der Waals surface area contributed by atoms with Gasteiger partial charge in [0.05, 0.1) is 17.2 Å². The molecule has 1 amide bonds. The van der Waals surface area contributed by atoms with Crippen LogP contribution in [0.1, 0.15) is 27.2 Å². The quantitative estimate of drug-likeness (QED) is 0.732. The van der Waals surface area contributed by atoms with Crippen LogP contribution in [0.5, 0.6) is 0 Å². The average Bonchev–Trinajstić information content (AvgIpc) is 2.98. The van der Waals surface area contributed by atoms with Crippen molar-refractivity contribution in [2.75, 3.05) is 0 Å². The Kier molecular flexibility index (Phi) is 5.11. The molecule has 4 nitrogen and oxygen atoms in total. The van der Waals surface area contributed by atoms with Crippen molar-refractivity contribution in [3.05, 3.63) is 82.0 Å². The molecule has 0 spiro atoms. The van der Waals surface area contributed by atoms with Crippen molar-refractivity contribution < 1.29 is 4.79 Å². The molecule has 2 aromatic carbocycles. The van der Waals surface area contributed by atoms with Crippen molar-refractivity contribution in [3.8, 4) is 17.3 Å². The highest BCUT2D eigenvalue weighted by molar-refractivity contribution is 6.30. The summed E-state index contributed by atoms with van der Waals surface area (Å²) in [5, 5.41) is 9.86. The van der Waals surface area contributed by atoms with Gasteiger partial charge in [-0.2, -0.15) is 5.26 Å². The Morgan fingerprint density at radius 2 is 1.92 bits per heavy atom. The Hall–Kier alpha value is -3.03. The Morgan fingerprint density at radius 1 is 1.19 bits per heavy atom. The van der Waals surface area contributed by atoms with Crippen LogP contribution < -0.4 is 5.73 Å². The molecule has 0 aliphatic carbocycles. The van der Waals surface area contributed by atoms with E-state index in [1.807, 2.05) is 49.4 Å². The number of carbonyl (C=O) groups excluding carboxylic acids is 1. The van der Waals surface area contributed by atoms with E-state index < -0.39 is 5.91 Å². The van der Waals surface area contributed by atoms with Crippen molar-refractivity contribution in [1.29, 1.82) is 5.26 Å². The molecule has 130 valence electrons. The molecule has 0 aliphatic rings. The second-order valence-electron chi connectivity index (χ2n) is 6.11. The smallest absolute Gasteiger partial charge is 0.250 e. The lowest BCUT2D eigenvalue weighted by Crippen LogP contribution is -2.13. The second kappa shape index (κ2) is 7.47. The maximum atomic E-state index is 11.8. The fraction of sp³-hybridized carbons (Fsp3) is 0.143. The molecule has 0 atom stereocenters. The topological polar surface area (TPSA) is 71.8 Å². The molecular weight excluding hydrogens is 346 g/mol. The summed E-state index contributed by atoms with van der Waals surface area (Å²) in [5.41, 5.74) is 10.3. The van der Waals surface area contributed by atoms with Gasteiger partial charge < -0.3 is 10.3 Å². The molecule has 0 fully saturated rings. The van der Waals surface area contributed by atoms with Crippen LogP contribution >= 0.6 is 11.6 Å². The highest BCUT2D eigenvalue weighted by atomic mass is 35.5. The minimum atomic E-state index is -0.453. The van der Waals surface area contributed by atoms with Crippen molar-refractivity contribution in [2.45, 2.75) is 19.9 Å². The predicted molar refractivity (Wildman–Crippen MR) is 103 cm³/mol. The first kappa shape index (κ1) is 17.8. The van der Waals surface area contributed by atoms with Crippen LogP contribution in [-0.4, -0.2) is 10.5 Å². The fourth-order valence-electron chi connectivity index (χ4n) is 3.06. The number of hydrogen-bond donors (Lipinski definition) is 1. The highest BCUT2D eigenvalue weighted by Gasteiger charge is 2.17. The van der Waals surface area contributed by atoms with Crippen LogP contribution in [-0.2, 0) is 13.0 Å². The first-order valence-electron chi connectivity index (χ1n) is 8.24. The molecule has 3 aromatic rings. The zero-order valence-electron chi connectivity index (χ0n) is 14.4. The van der Waals surface area contributed by atoms with Crippen LogP contribution in [0.15, 0.2) is 54.6 Å². The Bertz CT molecular complexity index is 997. The summed E-state index contributed by atoms with van der Waals surface area (Å²) in [6.45, 7) is 2.58. The van der Waals surface area contributed by atoms with Crippen molar-refractivity contribution >= 4 is 17.5 Å². The largest absolute Gasteiger partial charge is 0.366 e. The summed E-state index contributed by atoms with van der Waals surface area (Å²) in [5.74, 6) is -0.453. The maximum absolute atomic E-state index is 11.8. The zero-order valence-corrected chi connectivity index (χ0v) is 15.1. The average molecular weight is 364 g/mol. The van der Waals surface area contributed by atoms with E-state index in [9.17, 15) is 4.79 Å². The third-order valence-corrected chi connectivity index (χ3v) is 4.71. The standard InChI is InChI=1S/C21H18ClN3O/c1-14-19(21(24)26)12-20(17-4-2-3-16(11-17)13-23)25(14)10-9-15-5-7-18(22)8-6-15/h2-8,11-12H,9-10H2,1H3,(H2,24,26). The van der Waals surface area contributed by atoms with Gasteiger partial charge in [-0.1, -0.05) is 35.9 Å². The first-order chi connectivity index (χ1) is 12.5. The van der Waals surface area contributed by atoms with E-state index in [0.717, 1.165) is 28.9 Å². The van der Waals surface area contributed by atoms with Gasteiger partial charge in [0.15, 0.2) is 0 Å². The number of aromatic nitrogens is 1. The molecule has 2 N–H and O–H groups in total. The van der Waals surface area contributed by atoms with E-state index in [-0.39, 0.29) is 0 Å². The van der Waals surface area contributed by atoms with Crippen molar-refractivity contribution in [2.24, 2.45) is 5.73 Å². The summed E-state index contributed by atoms with van der Waals surface area (Å²) >= 11 is 5.94. The summed E-state index contributed by atoms with van der Waals surface area (Å²) in [7, 11) is 0. The van der Waals surface area contributed by atoms with Gasteiger partial charge in [-0.05, 0) is 54.8 Å². The van der Waals surface area contributed by atoms with Gasteiger partial charge in [0.2, 0.25) is 0 Å². The lowest BCUT2D eigenvalue weighted by Gasteiger charge is -2.12. The zero-order chi connectivity index (χ0) is 18.7. The summed E-state index contributed by atoms with van der Waals surface area (Å²) in [6, 6.07) is 19.0. The van der Waals surface area contributed by atoms with Crippen molar-refractivity contribution in [1.82, 2.24) is 4.57 Å². The number of rotatable bonds is 5. The van der Waals surface area contributed by atoms with Gasteiger partial charge in [-0.25, -0.2) is 0 Å². The third-order valence-electron chi connectivity index (χ3n) is 4.46. The van der Waals surface area contributed by atoms with Crippen LogP contribution in [0.3, 0.4) is 0 Å². The molecule has 0 unspecified atom stereocenters. The highest BCUT2D eigenvalue weighted by Crippen LogP contribution is 2.27. The number of amides is 1. The third kappa shape index (κ3) is 3.63. The number of benzene rings is 2. The lowest BCUT2D eigenvalue weighted by molar-refractivity contribution is 0.0999. The maximum Gasteiger partial charge on any atom is 0.250 e. The molecule has 0 aliphatic heterocycles. The van der Waals surface area contributed by atoms with Gasteiger partial charge in [0.25, 0.3) is 5.91 Å². The lowest BCUT2D eigenvalue weighted by atomic mass is 10.1. The number of hydrogen-bond acceptors (Lipinski definition) is 2. The SMILES string of the molecule is Cc1c(C(N)=O)cc(-c2cccc(C#N)c2)n1CCc1ccc(Cl)cc1. The van der Waals surface area contributed by atoms with Crippen LogP contribution in [0.4, 0.5) is 0 Å². The Balaban J connectivity index is 2.00. The van der Waals surface area contributed by atoms with E-state index in [1.54, 1.807) is 12.1 Å². The van der Waals surface area contributed by atoms with Gasteiger partial charge >= 0.3 is 0 Å². The molecule has 0 bridgehead atoms. The second-order valence-corrected chi connectivity index (χ2v) is 6.55. The molecule has 1 aromatic heterocycles. The van der Waals surface area contributed by atoms with E-state index in [0.29, 0.717) is 22.7 Å². The number of primary amides is 1. The van der Waals surface area contributed by atoms with E-state index in [2.05, 4.69) is 10.6 Å². The number of carbonyl (C=O) groups is 1. The Labute approximate surface area is 157 Å². The van der Waals surface area contributed by atoms with Gasteiger partial charge in [0, 0.05) is 23.0 Å². The van der Waals surface area contributed by atoms with E-state index in [1.165, 1.54) is 0 Å². The number of nitrogens with zero attached hydrogens (tertiary/aromatic N) is 2. The Morgan fingerprint density at radius 3 is 2.58 bits per heavy atom. The minimum Gasteiger partial charge on any atom is -0.366 e. The predicted octanol–water partition coefficient (Wildman–Crippen LogP) is 4.33. The van der Waals surface area contributed by atoms with E-state index >= 15 is 0 Å². The molecule has 1 heterocycles. The normalized spacial score (nSPS) is 10.5. The van der Waals surface area contributed by atoms with Crippen molar-refractivity contribution in [3.63, 3.8) is 0 Å². The number of nitrogens with two attached hydrogens (primary N) is 1. The molecule has 0 saturated carbocycles. The monoisotopic (exact) mass is 363 g/mol. The molecule has 5 heteroatoms. The van der Waals surface area contributed by atoms with Crippen LogP contribution in [0.25, 0.3) is 11.3 Å². The van der Waals surface area contributed by atoms with E-state index in [4.69, 9.17) is 22.6 Å². The minimum absolute atomic E-state index is 0.453. The van der Waals surface area contributed by atoms with Gasteiger partial charge in [0.1, 0.15) is 0 Å². The molecule has 0 radical (unpaired) electrons. The molecule has 0 saturated heterocycles. The number of halogens is 1. The van der Waals surface area contributed by atoms with Gasteiger partial charge in [-0.3, -0.25) is 4.79 Å². The fourth-order valence-corrected chi connectivity index (χ4v) is 3.19.